The maximum atomic E-state index is 12.7. The van der Waals surface area contributed by atoms with Gasteiger partial charge in [0.2, 0.25) is 0 Å². The molecule has 0 aromatic heterocycles. The maximum Gasteiger partial charge on any atom is 0.414 e. The van der Waals surface area contributed by atoms with Crippen molar-refractivity contribution in [2.75, 3.05) is 4.90 Å². The molecule has 22 heavy (non-hydrogen) atoms. The number of anilines is 1. The number of ether oxygens (including phenoxy) is 1. The predicted octanol–water partition coefficient (Wildman–Crippen LogP) is 4.92. The average molecular weight is 297 g/mol. The van der Waals surface area contributed by atoms with E-state index in [-0.39, 0.29) is 18.2 Å². The molecule has 0 N–H and O–H groups in total. The predicted molar refractivity (Wildman–Crippen MR) is 90.4 cm³/mol. The van der Waals surface area contributed by atoms with Crippen LogP contribution in [0.2, 0.25) is 0 Å². The van der Waals surface area contributed by atoms with E-state index in [1.807, 2.05) is 30.9 Å². The minimum Gasteiger partial charge on any atom is -0.446 e. The van der Waals surface area contributed by atoms with Crippen LogP contribution in [0.3, 0.4) is 0 Å². The van der Waals surface area contributed by atoms with E-state index < -0.39 is 0 Å². The van der Waals surface area contributed by atoms with Crippen molar-refractivity contribution in [3.63, 3.8) is 0 Å². The molecule has 0 spiro atoms. The Kier molecular flexibility index (Phi) is 4.06. The van der Waals surface area contributed by atoms with E-state index in [1.165, 1.54) is 10.9 Å². The van der Waals surface area contributed by atoms with Gasteiger partial charge >= 0.3 is 6.09 Å². The van der Waals surface area contributed by atoms with E-state index in [9.17, 15) is 4.79 Å². The number of rotatable bonds is 2. The van der Waals surface area contributed by atoms with Crippen molar-refractivity contribution in [3.05, 3.63) is 42.0 Å². The van der Waals surface area contributed by atoms with Crippen molar-refractivity contribution in [1.82, 2.24) is 0 Å². The molecule has 0 bridgehead atoms. The molecule has 3 rings (SSSR count). The Hall–Kier alpha value is -2.03. The fourth-order valence-electron chi connectivity index (χ4n) is 3.31. The molecule has 1 atom stereocenters. The molecular weight excluding hydrogens is 274 g/mol. The normalized spacial score (nSPS) is 17.6. The highest BCUT2D eigenvalue weighted by atomic mass is 16.6. The topological polar surface area (TPSA) is 29.5 Å². The Morgan fingerprint density at radius 1 is 1.27 bits per heavy atom. The number of carbonyl (C=O) groups excluding carboxylic acids is 1. The van der Waals surface area contributed by atoms with Gasteiger partial charge in [0.05, 0.1) is 11.8 Å². The average Bonchev–Trinajstić information content (AvgIpc) is 2.52. The summed E-state index contributed by atoms with van der Waals surface area (Å²) in [6, 6.07) is 12.8. The molecule has 1 aliphatic heterocycles. The van der Waals surface area contributed by atoms with Gasteiger partial charge in [0, 0.05) is 11.4 Å². The SMILES string of the molecule is CCC1CCc2ccc3ccccc3c2N1C(=O)OC(C)C. The molecule has 2 aromatic rings. The van der Waals surface area contributed by atoms with Crippen LogP contribution in [0.25, 0.3) is 10.8 Å². The Labute approximate surface area is 131 Å². The summed E-state index contributed by atoms with van der Waals surface area (Å²) in [4.78, 5) is 14.6. The van der Waals surface area contributed by atoms with Crippen LogP contribution in [0.15, 0.2) is 36.4 Å². The Balaban J connectivity index is 2.15. The number of benzene rings is 2. The van der Waals surface area contributed by atoms with Crippen LogP contribution in [0.5, 0.6) is 0 Å². The van der Waals surface area contributed by atoms with Crippen LogP contribution in [-0.2, 0) is 11.2 Å². The van der Waals surface area contributed by atoms with Crippen LogP contribution in [0.1, 0.15) is 39.2 Å². The molecule has 1 heterocycles. The molecule has 0 saturated carbocycles. The quantitative estimate of drug-likeness (QED) is 0.787. The summed E-state index contributed by atoms with van der Waals surface area (Å²) in [5.41, 5.74) is 2.28. The van der Waals surface area contributed by atoms with Crippen molar-refractivity contribution >= 4 is 22.6 Å². The largest absolute Gasteiger partial charge is 0.446 e. The fourth-order valence-corrected chi connectivity index (χ4v) is 3.31. The van der Waals surface area contributed by atoms with Crippen molar-refractivity contribution in [1.29, 1.82) is 0 Å². The summed E-state index contributed by atoms with van der Waals surface area (Å²) in [5, 5.41) is 2.30. The zero-order valence-corrected chi connectivity index (χ0v) is 13.5. The van der Waals surface area contributed by atoms with Crippen LogP contribution in [0.4, 0.5) is 10.5 Å². The second kappa shape index (κ2) is 5.99. The molecule has 1 unspecified atom stereocenters. The lowest BCUT2D eigenvalue weighted by Crippen LogP contribution is -2.44. The number of hydrogen-bond donors (Lipinski definition) is 0. The molecular formula is C19H23NO2. The van der Waals surface area contributed by atoms with Gasteiger partial charge in [0.1, 0.15) is 0 Å². The van der Waals surface area contributed by atoms with Gasteiger partial charge in [-0.15, -0.1) is 0 Å². The molecule has 0 aliphatic carbocycles. The number of fused-ring (bicyclic) bond motifs is 3. The molecule has 0 fully saturated rings. The van der Waals surface area contributed by atoms with Crippen molar-refractivity contribution in [2.24, 2.45) is 0 Å². The monoisotopic (exact) mass is 297 g/mol. The summed E-state index contributed by atoms with van der Waals surface area (Å²) in [6.07, 6.45) is 2.62. The Bertz CT molecular complexity index is 693. The number of amides is 1. The van der Waals surface area contributed by atoms with Crippen LogP contribution in [-0.4, -0.2) is 18.2 Å². The fraction of sp³-hybridized carbons (Fsp3) is 0.421. The summed E-state index contributed by atoms with van der Waals surface area (Å²) < 4.78 is 5.51. The van der Waals surface area contributed by atoms with E-state index in [0.29, 0.717) is 0 Å². The minimum atomic E-state index is -0.223. The molecule has 116 valence electrons. The standard InChI is InChI=1S/C19H23NO2/c1-4-16-12-11-15-10-9-14-7-5-6-8-17(14)18(15)20(16)19(21)22-13(2)3/h5-10,13,16H,4,11-12H2,1-3H3. The Morgan fingerprint density at radius 3 is 2.77 bits per heavy atom. The molecule has 1 amide bonds. The van der Waals surface area contributed by atoms with E-state index in [1.54, 1.807) is 0 Å². The number of hydrogen-bond acceptors (Lipinski definition) is 2. The minimum absolute atomic E-state index is 0.106. The molecule has 2 aromatic carbocycles. The second-order valence-corrected chi connectivity index (χ2v) is 6.20. The highest BCUT2D eigenvalue weighted by Crippen LogP contribution is 2.38. The number of nitrogens with zero attached hydrogens (tertiary/aromatic N) is 1. The van der Waals surface area contributed by atoms with E-state index in [2.05, 4.69) is 31.2 Å². The van der Waals surface area contributed by atoms with Gasteiger partial charge in [0.15, 0.2) is 0 Å². The smallest absolute Gasteiger partial charge is 0.414 e. The lowest BCUT2D eigenvalue weighted by atomic mass is 9.91. The van der Waals surface area contributed by atoms with Crippen molar-refractivity contribution in [2.45, 2.75) is 52.2 Å². The zero-order valence-electron chi connectivity index (χ0n) is 13.5. The molecule has 1 aliphatic rings. The first kappa shape index (κ1) is 14.9. The van der Waals surface area contributed by atoms with Gasteiger partial charge in [-0.05, 0) is 44.1 Å². The lowest BCUT2D eigenvalue weighted by Gasteiger charge is -2.37. The van der Waals surface area contributed by atoms with Crippen LogP contribution < -0.4 is 4.90 Å². The summed E-state index contributed by atoms with van der Waals surface area (Å²) in [7, 11) is 0. The first-order valence-corrected chi connectivity index (χ1v) is 8.12. The van der Waals surface area contributed by atoms with E-state index in [0.717, 1.165) is 30.3 Å². The first-order chi connectivity index (χ1) is 10.6. The summed E-state index contributed by atoms with van der Waals surface area (Å²) in [6.45, 7) is 5.93. The maximum absolute atomic E-state index is 12.7. The summed E-state index contributed by atoms with van der Waals surface area (Å²) >= 11 is 0. The lowest BCUT2D eigenvalue weighted by molar-refractivity contribution is 0.119. The van der Waals surface area contributed by atoms with Gasteiger partial charge in [0.25, 0.3) is 0 Å². The van der Waals surface area contributed by atoms with Gasteiger partial charge in [-0.2, -0.15) is 0 Å². The van der Waals surface area contributed by atoms with Gasteiger partial charge in [-0.1, -0.05) is 43.3 Å². The highest BCUT2D eigenvalue weighted by molar-refractivity contribution is 6.03. The van der Waals surface area contributed by atoms with Gasteiger partial charge in [-0.25, -0.2) is 4.79 Å². The Morgan fingerprint density at radius 2 is 2.05 bits per heavy atom. The number of aryl methyl sites for hydroxylation is 1. The third-order valence-corrected chi connectivity index (χ3v) is 4.34. The molecule has 3 heteroatoms. The third-order valence-electron chi connectivity index (χ3n) is 4.34. The van der Waals surface area contributed by atoms with Crippen LogP contribution >= 0.6 is 0 Å². The van der Waals surface area contributed by atoms with E-state index >= 15 is 0 Å². The summed E-state index contributed by atoms with van der Waals surface area (Å²) in [5.74, 6) is 0. The molecule has 3 nitrogen and oxygen atoms in total. The second-order valence-electron chi connectivity index (χ2n) is 6.20. The third kappa shape index (κ3) is 2.56. The van der Waals surface area contributed by atoms with E-state index in [4.69, 9.17) is 4.74 Å². The van der Waals surface area contributed by atoms with Crippen molar-refractivity contribution in [3.8, 4) is 0 Å². The van der Waals surface area contributed by atoms with Gasteiger partial charge < -0.3 is 4.74 Å². The first-order valence-electron chi connectivity index (χ1n) is 8.12. The zero-order chi connectivity index (χ0) is 15.7. The van der Waals surface area contributed by atoms with Gasteiger partial charge in [-0.3, -0.25) is 4.90 Å². The number of carbonyl (C=O) groups is 1. The highest BCUT2D eigenvalue weighted by Gasteiger charge is 2.32. The molecule has 0 radical (unpaired) electrons. The van der Waals surface area contributed by atoms with Crippen molar-refractivity contribution < 1.29 is 9.53 Å². The van der Waals surface area contributed by atoms with Crippen LogP contribution in [0, 0.1) is 0 Å². The molecule has 0 saturated heterocycles.